The van der Waals surface area contributed by atoms with Crippen LogP contribution in [0.5, 0.6) is 0 Å². The van der Waals surface area contributed by atoms with Gasteiger partial charge in [-0.25, -0.2) is 13.4 Å². The van der Waals surface area contributed by atoms with Crippen LogP contribution in [0.1, 0.15) is 18.5 Å². The molecule has 1 aromatic rings. The molecule has 0 radical (unpaired) electrons. The SMILES string of the molecule is Cc1csc(NS(=O)(=O)CCCCCl)n1. The number of aryl methyl sites for hydroxylation is 1. The Morgan fingerprint density at radius 2 is 2.27 bits per heavy atom. The molecule has 0 aliphatic heterocycles. The molecule has 0 fully saturated rings. The number of halogens is 1. The van der Waals surface area contributed by atoms with Crippen molar-refractivity contribution in [3.05, 3.63) is 11.1 Å². The number of nitrogens with one attached hydrogen (secondary N) is 1. The fraction of sp³-hybridized carbons (Fsp3) is 0.625. The molecule has 0 saturated heterocycles. The molecule has 0 unspecified atom stereocenters. The van der Waals surface area contributed by atoms with E-state index < -0.39 is 10.0 Å². The van der Waals surface area contributed by atoms with E-state index in [9.17, 15) is 8.42 Å². The molecular weight excluding hydrogens is 256 g/mol. The lowest BCUT2D eigenvalue weighted by molar-refractivity contribution is 0.598. The molecule has 0 aromatic carbocycles. The maximum Gasteiger partial charge on any atom is 0.234 e. The lowest BCUT2D eigenvalue weighted by Gasteiger charge is -2.03. The molecule has 4 nitrogen and oxygen atoms in total. The third-order valence-electron chi connectivity index (χ3n) is 1.66. The van der Waals surface area contributed by atoms with Gasteiger partial charge < -0.3 is 0 Å². The number of hydrogen-bond acceptors (Lipinski definition) is 4. The Labute approximate surface area is 98.7 Å². The average molecular weight is 269 g/mol. The van der Waals surface area contributed by atoms with Crippen molar-refractivity contribution in [2.45, 2.75) is 19.8 Å². The molecular formula is C8H13ClN2O2S2. The average Bonchev–Trinajstić information content (AvgIpc) is 2.50. The van der Waals surface area contributed by atoms with Crippen molar-refractivity contribution >= 4 is 38.1 Å². The lowest BCUT2D eigenvalue weighted by Crippen LogP contribution is -2.16. The summed E-state index contributed by atoms with van der Waals surface area (Å²) in [6.45, 7) is 1.82. The van der Waals surface area contributed by atoms with E-state index in [0.29, 0.717) is 23.9 Å². The highest BCUT2D eigenvalue weighted by Gasteiger charge is 2.11. The summed E-state index contributed by atoms with van der Waals surface area (Å²) in [6.07, 6.45) is 1.28. The van der Waals surface area contributed by atoms with E-state index >= 15 is 0 Å². The van der Waals surface area contributed by atoms with Crippen LogP contribution < -0.4 is 4.72 Å². The molecule has 15 heavy (non-hydrogen) atoms. The van der Waals surface area contributed by atoms with E-state index in [2.05, 4.69) is 9.71 Å². The molecule has 0 atom stereocenters. The summed E-state index contributed by atoms with van der Waals surface area (Å²) in [7, 11) is -3.25. The molecule has 1 rings (SSSR count). The zero-order chi connectivity index (χ0) is 11.3. The van der Waals surface area contributed by atoms with Gasteiger partial charge in [-0.2, -0.15) is 0 Å². The van der Waals surface area contributed by atoms with Gasteiger partial charge in [0.25, 0.3) is 0 Å². The number of unbranched alkanes of at least 4 members (excludes halogenated alkanes) is 1. The predicted molar refractivity (Wildman–Crippen MR) is 64.2 cm³/mol. The Morgan fingerprint density at radius 1 is 1.53 bits per heavy atom. The fourth-order valence-electron chi connectivity index (χ4n) is 0.971. The molecule has 1 N–H and O–H groups in total. The maximum absolute atomic E-state index is 11.5. The second-order valence-corrected chi connectivity index (χ2v) is 6.19. The van der Waals surface area contributed by atoms with Crippen LogP contribution >= 0.6 is 22.9 Å². The van der Waals surface area contributed by atoms with Gasteiger partial charge in [0.05, 0.1) is 11.4 Å². The number of rotatable bonds is 6. The second kappa shape index (κ2) is 5.67. The van der Waals surface area contributed by atoms with Crippen LogP contribution in [0, 0.1) is 6.92 Å². The van der Waals surface area contributed by atoms with E-state index in [-0.39, 0.29) is 5.75 Å². The predicted octanol–water partition coefficient (Wildman–Crippen LogP) is 2.21. The van der Waals surface area contributed by atoms with Crippen molar-refractivity contribution in [1.29, 1.82) is 0 Å². The Kier molecular flexibility index (Phi) is 4.82. The highest BCUT2D eigenvalue weighted by Crippen LogP contribution is 2.16. The Bertz CT molecular complexity index is 403. The van der Waals surface area contributed by atoms with Gasteiger partial charge in [-0.15, -0.1) is 22.9 Å². The van der Waals surface area contributed by atoms with Crippen LogP contribution in [0.25, 0.3) is 0 Å². The fourth-order valence-corrected chi connectivity index (χ4v) is 3.26. The number of thiazole rings is 1. The maximum atomic E-state index is 11.5. The molecule has 0 saturated carbocycles. The van der Waals surface area contributed by atoms with Crippen molar-refractivity contribution in [2.24, 2.45) is 0 Å². The quantitative estimate of drug-likeness (QED) is 0.636. The van der Waals surface area contributed by atoms with E-state index in [1.807, 2.05) is 6.92 Å². The Balaban J connectivity index is 2.49. The topological polar surface area (TPSA) is 59.1 Å². The van der Waals surface area contributed by atoms with Gasteiger partial charge in [0, 0.05) is 11.3 Å². The third kappa shape index (κ3) is 4.81. The van der Waals surface area contributed by atoms with E-state index in [0.717, 1.165) is 5.69 Å². The molecule has 1 aromatic heterocycles. The van der Waals surface area contributed by atoms with E-state index in [1.165, 1.54) is 11.3 Å². The smallest absolute Gasteiger partial charge is 0.234 e. The molecule has 0 aliphatic rings. The van der Waals surface area contributed by atoms with Crippen LogP contribution in [0.15, 0.2) is 5.38 Å². The van der Waals surface area contributed by atoms with E-state index in [4.69, 9.17) is 11.6 Å². The lowest BCUT2D eigenvalue weighted by atomic mass is 10.4. The van der Waals surface area contributed by atoms with Gasteiger partial charge in [-0.3, -0.25) is 4.72 Å². The molecule has 0 aliphatic carbocycles. The van der Waals surface area contributed by atoms with Crippen LogP contribution in [-0.2, 0) is 10.0 Å². The first kappa shape index (κ1) is 12.7. The number of alkyl halides is 1. The van der Waals surface area contributed by atoms with Gasteiger partial charge >= 0.3 is 0 Å². The van der Waals surface area contributed by atoms with Gasteiger partial charge in [0.15, 0.2) is 5.13 Å². The van der Waals surface area contributed by atoms with E-state index in [1.54, 1.807) is 5.38 Å². The van der Waals surface area contributed by atoms with Gasteiger partial charge in [-0.05, 0) is 19.8 Å². The monoisotopic (exact) mass is 268 g/mol. The minimum absolute atomic E-state index is 0.0956. The number of sulfonamides is 1. The first-order chi connectivity index (χ1) is 7.03. The van der Waals surface area contributed by atoms with Gasteiger partial charge in [0.1, 0.15) is 0 Å². The third-order valence-corrected chi connectivity index (χ3v) is 4.26. The summed E-state index contributed by atoms with van der Waals surface area (Å²) >= 11 is 6.76. The van der Waals surface area contributed by atoms with Crippen LogP contribution in [0.4, 0.5) is 5.13 Å². The summed E-state index contributed by atoms with van der Waals surface area (Å²) in [6, 6.07) is 0. The first-order valence-electron chi connectivity index (χ1n) is 4.52. The zero-order valence-electron chi connectivity index (χ0n) is 8.36. The second-order valence-electron chi connectivity index (χ2n) is 3.11. The summed E-state index contributed by atoms with van der Waals surface area (Å²) in [4.78, 5) is 4.03. The van der Waals surface area contributed by atoms with Crippen molar-refractivity contribution in [1.82, 2.24) is 4.98 Å². The highest BCUT2D eigenvalue weighted by molar-refractivity contribution is 7.92. The first-order valence-corrected chi connectivity index (χ1v) is 7.59. The Hall–Kier alpha value is -0.330. The molecule has 7 heteroatoms. The molecule has 1 heterocycles. The summed E-state index contributed by atoms with van der Waals surface area (Å²) in [5.41, 5.74) is 0.818. The number of hydrogen-bond donors (Lipinski definition) is 1. The van der Waals surface area contributed by atoms with Gasteiger partial charge in [-0.1, -0.05) is 0 Å². The van der Waals surface area contributed by atoms with Crippen molar-refractivity contribution < 1.29 is 8.42 Å². The summed E-state index contributed by atoms with van der Waals surface area (Å²) in [5, 5.41) is 2.23. The zero-order valence-corrected chi connectivity index (χ0v) is 10.8. The summed E-state index contributed by atoms with van der Waals surface area (Å²) in [5.74, 6) is 0.588. The van der Waals surface area contributed by atoms with Crippen molar-refractivity contribution in [2.75, 3.05) is 16.4 Å². The van der Waals surface area contributed by atoms with Crippen LogP contribution in [0.2, 0.25) is 0 Å². The molecule has 0 bridgehead atoms. The number of anilines is 1. The van der Waals surface area contributed by atoms with Gasteiger partial charge in [0.2, 0.25) is 10.0 Å². The summed E-state index contributed by atoms with van der Waals surface area (Å²) < 4.78 is 25.4. The standard InChI is InChI=1S/C8H13ClN2O2S2/c1-7-6-14-8(10-7)11-15(12,13)5-3-2-4-9/h6H,2-5H2,1H3,(H,10,11). The Morgan fingerprint density at radius 3 is 2.80 bits per heavy atom. The molecule has 0 spiro atoms. The normalized spacial score (nSPS) is 11.6. The largest absolute Gasteiger partial charge is 0.259 e. The van der Waals surface area contributed by atoms with Crippen molar-refractivity contribution in [3.8, 4) is 0 Å². The minimum atomic E-state index is -3.25. The highest BCUT2D eigenvalue weighted by atomic mass is 35.5. The van der Waals surface area contributed by atoms with Crippen LogP contribution in [0.3, 0.4) is 0 Å². The van der Waals surface area contributed by atoms with Crippen molar-refractivity contribution in [3.63, 3.8) is 0 Å². The number of aromatic nitrogens is 1. The number of nitrogens with zero attached hydrogens (tertiary/aromatic N) is 1. The minimum Gasteiger partial charge on any atom is -0.259 e. The molecule has 0 amide bonds. The molecule has 86 valence electrons. The van der Waals surface area contributed by atoms with Crippen LogP contribution in [-0.4, -0.2) is 25.0 Å².